The molecule has 2 saturated heterocycles. The van der Waals surface area contributed by atoms with Crippen molar-refractivity contribution in [1.82, 2.24) is 4.90 Å². The summed E-state index contributed by atoms with van der Waals surface area (Å²) < 4.78 is 24.8. The number of hydrogen-bond donors (Lipinski definition) is 1. The van der Waals surface area contributed by atoms with Crippen LogP contribution in [-0.4, -0.2) is 49.4 Å². The largest absolute Gasteiger partial charge is 0.376 e. The van der Waals surface area contributed by atoms with E-state index in [1.807, 2.05) is 0 Å². The highest BCUT2D eigenvalue weighted by Gasteiger charge is 2.24. The predicted octanol–water partition coefficient (Wildman–Crippen LogP) is 3.41. The fraction of sp³-hybridized carbons (Fsp3) is 0.611. The first-order valence-corrected chi connectivity index (χ1v) is 8.75. The van der Waals surface area contributed by atoms with Crippen LogP contribution < -0.4 is 5.32 Å². The first-order chi connectivity index (χ1) is 11.7. The quantitative estimate of drug-likeness (QED) is 0.917. The molecule has 2 aliphatic rings. The third-order valence-corrected chi connectivity index (χ3v) is 4.60. The molecule has 5 nitrogen and oxygen atoms in total. The van der Waals surface area contributed by atoms with Crippen LogP contribution in [0.1, 0.15) is 32.1 Å². The Morgan fingerprint density at radius 3 is 2.83 bits per heavy atom. The second-order valence-electron chi connectivity index (χ2n) is 6.45. The maximum absolute atomic E-state index is 13.2. The fourth-order valence-corrected chi connectivity index (χ4v) is 3.18. The van der Waals surface area contributed by atoms with Gasteiger partial charge >= 0.3 is 6.03 Å². The van der Waals surface area contributed by atoms with Crippen molar-refractivity contribution in [1.29, 1.82) is 0 Å². The molecule has 1 unspecified atom stereocenters. The van der Waals surface area contributed by atoms with Gasteiger partial charge in [-0.25, -0.2) is 9.18 Å². The van der Waals surface area contributed by atoms with Crippen LogP contribution in [0.2, 0.25) is 0 Å². The molecule has 2 aliphatic heterocycles. The minimum atomic E-state index is -0.357. The van der Waals surface area contributed by atoms with Gasteiger partial charge in [-0.1, -0.05) is 6.07 Å². The molecule has 0 bridgehead atoms. The van der Waals surface area contributed by atoms with Crippen LogP contribution in [0.5, 0.6) is 0 Å². The van der Waals surface area contributed by atoms with E-state index in [2.05, 4.69) is 5.32 Å². The molecule has 1 N–H and O–H groups in total. The maximum Gasteiger partial charge on any atom is 0.321 e. The van der Waals surface area contributed by atoms with Gasteiger partial charge in [0.2, 0.25) is 0 Å². The number of likely N-dealkylation sites (tertiary alicyclic amines) is 1. The van der Waals surface area contributed by atoms with Gasteiger partial charge in [0, 0.05) is 25.4 Å². The van der Waals surface area contributed by atoms with Crippen molar-refractivity contribution in [3.05, 3.63) is 30.1 Å². The van der Waals surface area contributed by atoms with Crippen LogP contribution in [0.4, 0.5) is 14.9 Å². The van der Waals surface area contributed by atoms with Gasteiger partial charge in [-0.05, 0) is 50.3 Å². The molecule has 6 heteroatoms. The number of urea groups is 1. The second kappa shape index (κ2) is 8.44. The highest BCUT2D eigenvalue weighted by atomic mass is 19.1. The van der Waals surface area contributed by atoms with E-state index in [9.17, 15) is 9.18 Å². The zero-order valence-electron chi connectivity index (χ0n) is 13.9. The summed E-state index contributed by atoms with van der Waals surface area (Å²) in [4.78, 5) is 14.0. The first-order valence-electron chi connectivity index (χ1n) is 8.75. The van der Waals surface area contributed by atoms with Crippen molar-refractivity contribution in [3.8, 4) is 0 Å². The molecule has 1 atom stereocenters. The van der Waals surface area contributed by atoms with E-state index >= 15 is 0 Å². The summed E-state index contributed by atoms with van der Waals surface area (Å²) in [5.41, 5.74) is 0.479. The molecule has 2 fully saturated rings. The van der Waals surface area contributed by atoms with Crippen LogP contribution in [-0.2, 0) is 9.47 Å². The number of carbonyl (C=O) groups excluding carboxylic acids is 1. The Bertz CT molecular complexity index is 541. The average molecular weight is 336 g/mol. The lowest BCUT2D eigenvalue weighted by molar-refractivity contribution is -0.0726. The van der Waals surface area contributed by atoms with Gasteiger partial charge in [-0.15, -0.1) is 0 Å². The molecule has 3 rings (SSSR count). The van der Waals surface area contributed by atoms with Gasteiger partial charge in [-0.2, -0.15) is 0 Å². The average Bonchev–Trinajstić information content (AvgIpc) is 2.61. The second-order valence-corrected chi connectivity index (χ2v) is 6.45. The Hall–Kier alpha value is -1.66. The van der Waals surface area contributed by atoms with Crippen molar-refractivity contribution in [2.45, 2.75) is 44.3 Å². The highest BCUT2D eigenvalue weighted by molar-refractivity contribution is 5.89. The number of rotatable bonds is 4. The molecule has 0 spiro atoms. The molecule has 0 aliphatic carbocycles. The molecular formula is C18H25FN2O3. The standard InChI is InChI=1S/C18H25FN2O3/c19-14-4-3-5-15(12-14)20-18(22)21-9-7-16(8-10-21)24-13-17-6-1-2-11-23-17/h3-5,12,16-17H,1-2,6-11,13H2,(H,20,22). The van der Waals surface area contributed by atoms with Crippen molar-refractivity contribution in [3.63, 3.8) is 0 Å². The molecule has 1 aromatic carbocycles. The van der Waals surface area contributed by atoms with Crippen LogP contribution in [0, 0.1) is 5.82 Å². The Balaban J connectivity index is 1.38. The summed E-state index contributed by atoms with van der Waals surface area (Å²) in [6.07, 6.45) is 5.51. The number of piperidine rings is 1. The number of carbonyl (C=O) groups is 1. The lowest BCUT2D eigenvalue weighted by Gasteiger charge is -2.33. The predicted molar refractivity (Wildman–Crippen MR) is 89.6 cm³/mol. The number of ether oxygens (including phenoxy) is 2. The highest BCUT2D eigenvalue weighted by Crippen LogP contribution is 2.19. The molecule has 24 heavy (non-hydrogen) atoms. The lowest BCUT2D eigenvalue weighted by atomic mass is 10.1. The fourth-order valence-electron chi connectivity index (χ4n) is 3.18. The van der Waals surface area contributed by atoms with Crippen molar-refractivity contribution < 1.29 is 18.7 Å². The van der Waals surface area contributed by atoms with E-state index in [1.165, 1.54) is 18.6 Å². The minimum Gasteiger partial charge on any atom is -0.376 e. The van der Waals surface area contributed by atoms with Gasteiger partial charge in [0.1, 0.15) is 5.82 Å². The summed E-state index contributed by atoms with van der Waals surface area (Å²) in [6, 6.07) is 5.75. The molecule has 2 heterocycles. The van der Waals surface area contributed by atoms with Crippen molar-refractivity contribution in [2.75, 3.05) is 31.6 Å². The zero-order chi connectivity index (χ0) is 16.8. The number of nitrogens with zero attached hydrogens (tertiary/aromatic N) is 1. The smallest absolute Gasteiger partial charge is 0.321 e. The number of hydrogen-bond acceptors (Lipinski definition) is 3. The molecule has 1 aromatic rings. The number of anilines is 1. The molecule has 0 aromatic heterocycles. The van der Waals surface area contributed by atoms with Crippen molar-refractivity contribution >= 4 is 11.7 Å². The number of benzene rings is 1. The van der Waals surface area contributed by atoms with Crippen LogP contribution in [0.15, 0.2) is 24.3 Å². The third-order valence-electron chi connectivity index (χ3n) is 4.60. The Labute approximate surface area is 142 Å². The molecule has 0 saturated carbocycles. The maximum atomic E-state index is 13.2. The Morgan fingerprint density at radius 1 is 1.29 bits per heavy atom. The van der Waals surface area contributed by atoms with E-state index in [0.29, 0.717) is 25.4 Å². The number of amides is 2. The van der Waals surface area contributed by atoms with E-state index < -0.39 is 0 Å². The molecule has 2 amide bonds. The monoisotopic (exact) mass is 336 g/mol. The van der Waals surface area contributed by atoms with Gasteiger partial charge in [0.15, 0.2) is 0 Å². The van der Waals surface area contributed by atoms with Crippen LogP contribution in [0.25, 0.3) is 0 Å². The normalized spacial score (nSPS) is 22.4. The van der Waals surface area contributed by atoms with Gasteiger partial charge in [0.05, 0.1) is 18.8 Å². The first kappa shape index (κ1) is 17.2. The summed E-state index contributed by atoms with van der Waals surface area (Å²) in [5.74, 6) is -0.357. The minimum absolute atomic E-state index is 0.185. The zero-order valence-corrected chi connectivity index (χ0v) is 13.9. The molecule has 132 valence electrons. The van der Waals surface area contributed by atoms with E-state index in [0.717, 1.165) is 32.3 Å². The van der Waals surface area contributed by atoms with E-state index in [-0.39, 0.29) is 24.1 Å². The lowest BCUT2D eigenvalue weighted by Crippen LogP contribution is -2.43. The third kappa shape index (κ3) is 4.92. The van der Waals surface area contributed by atoms with Gasteiger partial charge in [0.25, 0.3) is 0 Å². The van der Waals surface area contributed by atoms with Crippen LogP contribution >= 0.6 is 0 Å². The summed E-state index contributed by atoms with van der Waals surface area (Å²) >= 11 is 0. The Morgan fingerprint density at radius 2 is 2.12 bits per heavy atom. The number of halogens is 1. The topological polar surface area (TPSA) is 50.8 Å². The number of nitrogens with one attached hydrogen (secondary N) is 1. The summed E-state index contributed by atoms with van der Waals surface area (Å²) in [7, 11) is 0. The van der Waals surface area contributed by atoms with Crippen molar-refractivity contribution in [2.24, 2.45) is 0 Å². The SMILES string of the molecule is O=C(Nc1cccc(F)c1)N1CCC(OCC2CCCCO2)CC1. The summed E-state index contributed by atoms with van der Waals surface area (Å²) in [6.45, 7) is 2.79. The van der Waals surface area contributed by atoms with E-state index in [1.54, 1.807) is 17.0 Å². The summed E-state index contributed by atoms with van der Waals surface area (Å²) in [5, 5.41) is 2.74. The molecular weight excluding hydrogens is 311 g/mol. The van der Waals surface area contributed by atoms with Crippen LogP contribution in [0.3, 0.4) is 0 Å². The van der Waals surface area contributed by atoms with Gasteiger partial charge in [-0.3, -0.25) is 0 Å². The Kier molecular flexibility index (Phi) is 6.04. The van der Waals surface area contributed by atoms with Gasteiger partial charge < -0.3 is 19.7 Å². The molecule has 0 radical (unpaired) electrons. The van der Waals surface area contributed by atoms with E-state index in [4.69, 9.17) is 9.47 Å².